The molecule has 0 aliphatic heterocycles. The van der Waals surface area contributed by atoms with Crippen LogP contribution >= 0.6 is 23.2 Å². The molecular formula is C13H8Cl2O2. The molecule has 0 atom stereocenters. The Balaban J connectivity index is 2.53. The minimum absolute atomic E-state index is 0.0662. The molecule has 1 N–H and O–H groups in total. The van der Waals surface area contributed by atoms with Crippen molar-refractivity contribution in [3.63, 3.8) is 0 Å². The Labute approximate surface area is 108 Å². The van der Waals surface area contributed by atoms with Crippen LogP contribution in [0.3, 0.4) is 0 Å². The maximum absolute atomic E-state index is 10.6. The second kappa shape index (κ2) is 4.78. The molecule has 0 unspecified atom stereocenters. The van der Waals surface area contributed by atoms with E-state index in [0.717, 1.165) is 11.1 Å². The molecule has 0 aliphatic carbocycles. The molecule has 2 aromatic carbocycles. The zero-order valence-electron chi connectivity index (χ0n) is 8.65. The van der Waals surface area contributed by atoms with Gasteiger partial charge in [-0.05, 0) is 29.8 Å². The monoisotopic (exact) mass is 266 g/mol. The molecule has 2 aromatic rings. The van der Waals surface area contributed by atoms with Crippen molar-refractivity contribution in [1.82, 2.24) is 0 Å². The molecule has 0 aliphatic rings. The second-order valence-electron chi connectivity index (χ2n) is 3.52. The summed E-state index contributed by atoms with van der Waals surface area (Å²) >= 11 is 11.9. The van der Waals surface area contributed by atoms with E-state index >= 15 is 0 Å². The van der Waals surface area contributed by atoms with Gasteiger partial charge in [0.05, 0.1) is 5.56 Å². The van der Waals surface area contributed by atoms with Crippen LogP contribution < -0.4 is 0 Å². The van der Waals surface area contributed by atoms with Gasteiger partial charge in [-0.2, -0.15) is 0 Å². The van der Waals surface area contributed by atoms with Crippen molar-refractivity contribution in [2.24, 2.45) is 0 Å². The lowest BCUT2D eigenvalue weighted by Crippen LogP contribution is -1.84. The number of benzene rings is 2. The normalized spacial score (nSPS) is 10.2. The Morgan fingerprint density at radius 3 is 2.41 bits per heavy atom. The van der Waals surface area contributed by atoms with Crippen molar-refractivity contribution in [2.75, 3.05) is 0 Å². The summed E-state index contributed by atoms with van der Waals surface area (Å²) in [5, 5.41) is 10.6. The molecule has 2 rings (SSSR count). The van der Waals surface area contributed by atoms with E-state index in [9.17, 15) is 9.90 Å². The third kappa shape index (κ3) is 2.43. The molecule has 4 heteroatoms. The summed E-state index contributed by atoms with van der Waals surface area (Å²) in [6.45, 7) is 0. The summed E-state index contributed by atoms with van der Waals surface area (Å²) in [4.78, 5) is 10.6. The van der Waals surface area contributed by atoms with Gasteiger partial charge in [-0.3, -0.25) is 4.79 Å². The molecule has 0 bridgehead atoms. The van der Waals surface area contributed by atoms with Gasteiger partial charge >= 0.3 is 0 Å². The van der Waals surface area contributed by atoms with Crippen molar-refractivity contribution in [3.8, 4) is 16.9 Å². The summed E-state index contributed by atoms with van der Waals surface area (Å²) in [6, 6.07) is 9.87. The molecule has 0 saturated heterocycles. The Bertz CT molecular complexity index is 580. The molecule has 2 nitrogen and oxygen atoms in total. The van der Waals surface area contributed by atoms with Crippen molar-refractivity contribution < 1.29 is 9.90 Å². The van der Waals surface area contributed by atoms with Crippen molar-refractivity contribution in [1.29, 1.82) is 0 Å². The highest BCUT2D eigenvalue weighted by atomic mass is 35.5. The number of phenols is 1. The number of phenolic OH excluding ortho intramolecular Hbond substituents is 1. The number of halogens is 2. The molecule has 0 fully saturated rings. The van der Waals surface area contributed by atoms with Gasteiger partial charge in [-0.25, -0.2) is 0 Å². The van der Waals surface area contributed by atoms with Crippen LogP contribution in [0.2, 0.25) is 10.0 Å². The fourth-order valence-corrected chi connectivity index (χ4v) is 2.05. The Morgan fingerprint density at radius 1 is 1.06 bits per heavy atom. The smallest absolute Gasteiger partial charge is 0.153 e. The van der Waals surface area contributed by atoms with Gasteiger partial charge < -0.3 is 5.11 Å². The highest BCUT2D eigenvalue weighted by Gasteiger charge is 2.07. The third-order valence-electron chi connectivity index (χ3n) is 2.40. The van der Waals surface area contributed by atoms with Gasteiger partial charge in [0.1, 0.15) is 5.75 Å². The molecular weight excluding hydrogens is 259 g/mol. The Morgan fingerprint density at radius 2 is 1.82 bits per heavy atom. The predicted molar refractivity (Wildman–Crippen MR) is 69.0 cm³/mol. The van der Waals surface area contributed by atoms with Gasteiger partial charge in [-0.15, -0.1) is 0 Å². The van der Waals surface area contributed by atoms with E-state index in [0.29, 0.717) is 16.3 Å². The van der Waals surface area contributed by atoms with Gasteiger partial charge in [0.25, 0.3) is 0 Å². The van der Waals surface area contributed by atoms with Crippen LogP contribution in [0.5, 0.6) is 5.75 Å². The van der Waals surface area contributed by atoms with Gasteiger partial charge in [-0.1, -0.05) is 35.3 Å². The van der Waals surface area contributed by atoms with Crippen LogP contribution in [0.4, 0.5) is 0 Å². The molecule has 0 saturated carbocycles. The van der Waals surface area contributed by atoms with E-state index in [1.54, 1.807) is 30.3 Å². The number of hydrogen-bond donors (Lipinski definition) is 1. The van der Waals surface area contributed by atoms with Crippen LogP contribution in [-0.2, 0) is 0 Å². The summed E-state index contributed by atoms with van der Waals surface area (Å²) in [6.07, 6.45) is 0.600. The largest absolute Gasteiger partial charge is 0.507 e. The van der Waals surface area contributed by atoms with E-state index in [4.69, 9.17) is 23.2 Å². The number of aldehydes is 1. The predicted octanol–water partition coefficient (Wildman–Crippen LogP) is 4.18. The fourth-order valence-electron chi connectivity index (χ4n) is 1.53. The van der Waals surface area contributed by atoms with Crippen molar-refractivity contribution in [2.45, 2.75) is 0 Å². The molecule has 0 spiro atoms. The first-order valence-corrected chi connectivity index (χ1v) is 5.61. The van der Waals surface area contributed by atoms with Crippen LogP contribution in [-0.4, -0.2) is 11.4 Å². The number of carbonyl (C=O) groups excluding carboxylic acids is 1. The Hall–Kier alpha value is -1.51. The summed E-state index contributed by atoms with van der Waals surface area (Å²) < 4.78 is 0. The van der Waals surface area contributed by atoms with Gasteiger partial charge in [0.15, 0.2) is 6.29 Å². The maximum atomic E-state index is 10.6. The fraction of sp³-hybridized carbons (Fsp3) is 0. The average Bonchev–Trinajstić information content (AvgIpc) is 2.29. The quantitative estimate of drug-likeness (QED) is 0.829. The second-order valence-corrected chi connectivity index (χ2v) is 4.36. The number of rotatable bonds is 2. The lowest BCUT2D eigenvalue weighted by atomic mass is 10.0. The summed E-state index contributed by atoms with van der Waals surface area (Å²) in [7, 11) is 0. The van der Waals surface area contributed by atoms with E-state index < -0.39 is 0 Å². The van der Waals surface area contributed by atoms with Crippen LogP contribution in [0.25, 0.3) is 11.1 Å². The third-order valence-corrected chi connectivity index (χ3v) is 2.95. The van der Waals surface area contributed by atoms with Gasteiger partial charge in [0, 0.05) is 15.6 Å². The molecule has 17 heavy (non-hydrogen) atoms. The van der Waals surface area contributed by atoms with Crippen LogP contribution in [0.15, 0.2) is 36.4 Å². The first kappa shape index (κ1) is 12.0. The zero-order chi connectivity index (χ0) is 12.4. The first-order valence-electron chi connectivity index (χ1n) is 4.85. The average molecular weight is 267 g/mol. The van der Waals surface area contributed by atoms with Crippen molar-refractivity contribution >= 4 is 29.5 Å². The molecule has 0 heterocycles. The van der Waals surface area contributed by atoms with E-state index in [-0.39, 0.29) is 11.3 Å². The minimum Gasteiger partial charge on any atom is -0.507 e. The first-order chi connectivity index (χ1) is 8.11. The lowest BCUT2D eigenvalue weighted by molar-refractivity contribution is 0.112. The van der Waals surface area contributed by atoms with E-state index in [1.807, 2.05) is 0 Å². The number of aromatic hydroxyl groups is 1. The maximum Gasteiger partial charge on any atom is 0.153 e. The summed E-state index contributed by atoms with van der Waals surface area (Å²) in [5.74, 6) is -0.0662. The van der Waals surface area contributed by atoms with Crippen LogP contribution in [0.1, 0.15) is 10.4 Å². The number of carbonyl (C=O) groups is 1. The highest BCUT2D eigenvalue weighted by molar-refractivity contribution is 6.36. The van der Waals surface area contributed by atoms with Gasteiger partial charge in [0.2, 0.25) is 0 Å². The standard InChI is InChI=1S/C13H8Cl2O2/c14-10-3-4-11(12(15)6-10)8-1-2-9(7-16)13(17)5-8/h1-7,17H. The molecule has 0 radical (unpaired) electrons. The topological polar surface area (TPSA) is 37.3 Å². The molecule has 0 amide bonds. The Kier molecular flexibility index (Phi) is 3.36. The van der Waals surface area contributed by atoms with E-state index in [1.165, 1.54) is 6.07 Å². The lowest BCUT2D eigenvalue weighted by Gasteiger charge is -2.06. The molecule has 0 aromatic heterocycles. The zero-order valence-corrected chi connectivity index (χ0v) is 10.2. The van der Waals surface area contributed by atoms with E-state index in [2.05, 4.69) is 0 Å². The van der Waals surface area contributed by atoms with Crippen LogP contribution in [0, 0.1) is 0 Å². The minimum atomic E-state index is -0.0662. The van der Waals surface area contributed by atoms with Crippen molar-refractivity contribution in [3.05, 3.63) is 52.0 Å². The highest BCUT2D eigenvalue weighted by Crippen LogP contribution is 2.32. The molecule has 86 valence electrons. The number of hydrogen-bond acceptors (Lipinski definition) is 2. The SMILES string of the molecule is O=Cc1ccc(-c2ccc(Cl)cc2Cl)cc1O. The summed E-state index contributed by atoms with van der Waals surface area (Å²) in [5.41, 5.74) is 1.73.